The molecule has 4 heteroatoms. The second kappa shape index (κ2) is 2.71. The van der Waals surface area contributed by atoms with Gasteiger partial charge >= 0.3 is 0 Å². The molecular formula is C8H6BrN3. The van der Waals surface area contributed by atoms with Gasteiger partial charge in [-0.2, -0.15) is 0 Å². The third kappa shape index (κ3) is 1.14. The monoisotopic (exact) mass is 223 g/mol. The van der Waals surface area contributed by atoms with Crippen LogP contribution in [0.25, 0.3) is 15.6 Å². The lowest BCUT2D eigenvalue weighted by Gasteiger charge is -1.89. The van der Waals surface area contributed by atoms with Crippen molar-refractivity contribution in [3.8, 4) is 0 Å². The van der Waals surface area contributed by atoms with E-state index in [1.165, 1.54) is 4.80 Å². The zero-order valence-corrected chi connectivity index (χ0v) is 7.82. The van der Waals surface area contributed by atoms with Crippen molar-refractivity contribution in [1.82, 2.24) is 15.0 Å². The Morgan fingerprint density at radius 3 is 2.17 bits per heavy atom. The Morgan fingerprint density at radius 2 is 1.75 bits per heavy atom. The van der Waals surface area contributed by atoms with E-state index in [1.807, 2.05) is 24.3 Å². The first kappa shape index (κ1) is 7.49. The largest absolute Gasteiger partial charge is 0.148 e. The molecule has 0 atom stereocenters. The number of nitrogens with zero attached hydrogens (tertiary/aromatic N) is 3. The van der Waals surface area contributed by atoms with Crippen molar-refractivity contribution in [1.29, 1.82) is 0 Å². The van der Waals surface area contributed by atoms with Crippen LogP contribution in [0.1, 0.15) is 0 Å². The number of hydrogen-bond acceptors (Lipinski definition) is 2. The maximum absolute atomic E-state index is 4.17. The summed E-state index contributed by atoms with van der Waals surface area (Å²) in [5, 5.41) is 8.34. The molecule has 0 saturated heterocycles. The molecule has 0 aliphatic rings. The van der Waals surface area contributed by atoms with Gasteiger partial charge in [-0.15, -0.1) is 15.0 Å². The van der Waals surface area contributed by atoms with Crippen molar-refractivity contribution in [2.45, 2.75) is 0 Å². The van der Waals surface area contributed by atoms with Gasteiger partial charge in [-0.25, -0.2) is 0 Å². The van der Waals surface area contributed by atoms with Crippen LogP contribution in [0.15, 0.2) is 30.8 Å². The van der Waals surface area contributed by atoms with Crippen molar-refractivity contribution < 1.29 is 0 Å². The predicted molar refractivity (Wildman–Crippen MR) is 51.8 cm³/mol. The van der Waals surface area contributed by atoms with Crippen molar-refractivity contribution in [3.63, 3.8) is 0 Å². The maximum Gasteiger partial charge on any atom is 0.121 e. The van der Waals surface area contributed by atoms with Crippen LogP contribution in [0.3, 0.4) is 0 Å². The summed E-state index contributed by atoms with van der Waals surface area (Å²) in [5.74, 6) is 0. The summed E-state index contributed by atoms with van der Waals surface area (Å²) in [6.07, 6.45) is 0. The molecule has 0 amide bonds. The first-order valence-corrected chi connectivity index (χ1v) is 4.23. The van der Waals surface area contributed by atoms with Crippen LogP contribution in [-0.4, -0.2) is 15.0 Å². The Balaban J connectivity index is 2.70. The summed E-state index contributed by atoms with van der Waals surface area (Å²) in [6.45, 7) is 3.68. The van der Waals surface area contributed by atoms with Gasteiger partial charge in [0, 0.05) is 0 Å². The summed E-state index contributed by atoms with van der Waals surface area (Å²) in [5.41, 5.74) is 1.75. The molecule has 0 radical (unpaired) electrons. The van der Waals surface area contributed by atoms with E-state index in [4.69, 9.17) is 0 Å². The van der Waals surface area contributed by atoms with Crippen LogP contribution in [0.4, 0.5) is 0 Å². The molecule has 0 fully saturated rings. The SMILES string of the molecule is C=C(Br)n1nc2ccccc2n1. The Morgan fingerprint density at radius 1 is 1.25 bits per heavy atom. The molecule has 0 spiro atoms. The molecule has 0 unspecified atom stereocenters. The molecule has 0 N–H and O–H groups in total. The van der Waals surface area contributed by atoms with E-state index in [0.29, 0.717) is 4.61 Å². The average Bonchev–Trinajstić information content (AvgIpc) is 2.46. The number of aromatic nitrogens is 3. The first-order valence-electron chi connectivity index (χ1n) is 3.44. The van der Waals surface area contributed by atoms with E-state index in [9.17, 15) is 0 Å². The molecule has 1 aromatic heterocycles. The number of fused-ring (bicyclic) bond motifs is 1. The minimum atomic E-state index is 0.638. The molecule has 3 nitrogen and oxygen atoms in total. The molecule has 0 aliphatic heterocycles. The average molecular weight is 224 g/mol. The lowest BCUT2D eigenvalue weighted by atomic mass is 10.3. The van der Waals surface area contributed by atoms with Crippen LogP contribution in [0.2, 0.25) is 0 Å². The van der Waals surface area contributed by atoms with Gasteiger partial charge in [0.2, 0.25) is 0 Å². The summed E-state index contributed by atoms with van der Waals surface area (Å²) in [6, 6.07) is 7.68. The highest BCUT2D eigenvalue weighted by Crippen LogP contribution is 2.12. The van der Waals surface area contributed by atoms with Gasteiger partial charge in [-0.3, -0.25) is 0 Å². The zero-order valence-electron chi connectivity index (χ0n) is 6.24. The highest BCUT2D eigenvalue weighted by Gasteiger charge is 2.00. The predicted octanol–water partition coefficient (Wildman–Crippen LogP) is 2.25. The van der Waals surface area contributed by atoms with Crippen molar-refractivity contribution in [3.05, 3.63) is 30.8 Å². The molecule has 0 aliphatic carbocycles. The molecule has 1 aromatic carbocycles. The van der Waals surface area contributed by atoms with Crippen molar-refractivity contribution in [2.24, 2.45) is 0 Å². The Kier molecular flexibility index (Phi) is 1.69. The van der Waals surface area contributed by atoms with Gasteiger partial charge in [0.25, 0.3) is 0 Å². The maximum atomic E-state index is 4.17. The van der Waals surface area contributed by atoms with E-state index in [2.05, 4.69) is 32.7 Å². The van der Waals surface area contributed by atoms with Crippen molar-refractivity contribution in [2.75, 3.05) is 0 Å². The second-order valence-electron chi connectivity index (χ2n) is 2.35. The molecule has 1 heterocycles. The van der Waals surface area contributed by atoms with Gasteiger partial charge in [0.15, 0.2) is 0 Å². The fourth-order valence-corrected chi connectivity index (χ4v) is 1.13. The standard InChI is InChI=1S/C8H6BrN3/c1-6(9)12-10-7-4-2-3-5-8(7)11-12/h2-5H,1H2. The Hall–Kier alpha value is -1.16. The van der Waals surface area contributed by atoms with Gasteiger partial charge < -0.3 is 0 Å². The van der Waals surface area contributed by atoms with E-state index >= 15 is 0 Å². The van der Waals surface area contributed by atoms with Crippen LogP contribution in [0.5, 0.6) is 0 Å². The van der Waals surface area contributed by atoms with Gasteiger partial charge in [0.1, 0.15) is 15.6 Å². The molecule has 2 rings (SSSR count). The molecular weight excluding hydrogens is 218 g/mol. The fourth-order valence-electron chi connectivity index (χ4n) is 0.968. The highest BCUT2D eigenvalue weighted by molar-refractivity contribution is 9.14. The summed E-state index contributed by atoms with van der Waals surface area (Å²) in [4.78, 5) is 1.46. The first-order chi connectivity index (χ1) is 5.77. The number of benzene rings is 1. The number of rotatable bonds is 1. The Labute approximate surface area is 77.8 Å². The highest BCUT2D eigenvalue weighted by atomic mass is 79.9. The van der Waals surface area contributed by atoms with Crippen molar-refractivity contribution >= 4 is 31.6 Å². The van der Waals surface area contributed by atoms with Crippen LogP contribution >= 0.6 is 15.9 Å². The summed E-state index contributed by atoms with van der Waals surface area (Å²) < 4.78 is 0.638. The smallest absolute Gasteiger partial charge is 0.121 e. The van der Waals surface area contributed by atoms with Gasteiger partial charge in [-0.1, -0.05) is 18.7 Å². The van der Waals surface area contributed by atoms with Gasteiger partial charge in [0.05, 0.1) is 0 Å². The summed E-state index contributed by atoms with van der Waals surface area (Å²) in [7, 11) is 0. The molecule has 60 valence electrons. The van der Waals surface area contributed by atoms with Crippen LogP contribution in [0, 0.1) is 0 Å². The quantitative estimate of drug-likeness (QED) is 0.743. The van der Waals surface area contributed by atoms with Crippen LogP contribution < -0.4 is 0 Å². The molecule has 0 saturated carbocycles. The van der Waals surface area contributed by atoms with Crippen LogP contribution in [-0.2, 0) is 0 Å². The molecule has 12 heavy (non-hydrogen) atoms. The number of hydrogen-bond donors (Lipinski definition) is 0. The lowest BCUT2D eigenvalue weighted by molar-refractivity contribution is 0.807. The van der Waals surface area contributed by atoms with E-state index in [-0.39, 0.29) is 0 Å². The van der Waals surface area contributed by atoms with E-state index in [0.717, 1.165) is 11.0 Å². The summed E-state index contributed by atoms with van der Waals surface area (Å²) >= 11 is 3.20. The second-order valence-corrected chi connectivity index (χ2v) is 3.27. The normalized spacial score (nSPS) is 10.4. The minimum absolute atomic E-state index is 0.638. The lowest BCUT2D eigenvalue weighted by Crippen LogP contribution is -1.93. The van der Waals surface area contributed by atoms with E-state index in [1.54, 1.807) is 0 Å². The van der Waals surface area contributed by atoms with E-state index < -0.39 is 0 Å². The molecule has 0 bridgehead atoms. The Bertz CT molecular complexity index is 400. The third-order valence-corrected chi connectivity index (χ3v) is 1.82. The number of halogens is 1. The third-order valence-electron chi connectivity index (χ3n) is 1.50. The minimum Gasteiger partial charge on any atom is -0.148 e. The fraction of sp³-hybridized carbons (Fsp3) is 0. The topological polar surface area (TPSA) is 30.7 Å². The zero-order chi connectivity index (χ0) is 8.55. The van der Waals surface area contributed by atoms with Gasteiger partial charge in [-0.05, 0) is 28.1 Å². The molecule has 2 aromatic rings.